The van der Waals surface area contributed by atoms with Gasteiger partial charge in [0.25, 0.3) is 11.5 Å². The van der Waals surface area contributed by atoms with Gasteiger partial charge in [-0.25, -0.2) is 4.98 Å². The third-order valence-electron chi connectivity index (χ3n) is 17.4. The molecule has 0 saturated carbocycles. The van der Waals surface area contributed by atoms with Crippen LogP contribution in [-0.4, -0.2) is 202 Å². The maximum absolute atomic E-state index is 14.0. The van der Waals surface area contributed by atoms with Crippen LogP contribution in [0.4, 0.5) is 5.69 Å². The van der Waals surface area contributed by atoms with E-state index in [0.717, 1.165) is 99.9 Å². The number of aryl methyl sites for hydroxylation is 3. The highest BCUT2D eigenvalue weighted by Gasteiger charge is 2.44. The summed E-state index contributed by atoms with van der Waals surface area (Å²) < 4.78 is 33.9. The zero-order valence-corrected chi connectivity index (χ0v) is 56.4. The van der Waals surface area contributed by atoms with Gasteiger partial charge < -0.3 is 69.2 Å². The number of likely N-dealkylation sites (tertiary alicyclic amines) is 1. The molecule has 0 aliphatic carbocycles. The Bertz CT molecular complexity index is 3300. The first-order valence-corrected chi connectivity index (χ1v) is 33.7. The highest BCUT2D eigenvalue weighted by molar-refractivity contribution is 7.13. The summed E-state index contributed by atoms with van der Waals surface area (Å²) in [6.07, 6.45) is 1.37. The van der Waals surface area contributed by atoms with E-state index in [9.17, 15) is 33.9 Å². The molecule has 0 radical (unpaired) electrons. The molecule has 5 N–H and O–H groups in total. The zero-order valence-electron chi connectivity index (χ0n) is 55.6. The van der Waals surface area contributed by atoms with Gasteiger partial charge in [0.05, 0.1) is 94.7 Å². The molecule has 2 aromatic heterocycles. The number of rotatable bonds is 33. The van der Waals surface area contributed by atoms with E-state index in [2.05, 4.69) is 73.0 Å². The largest absolute Gasteiger partial charge is 0.391 e. The van der Waals surface area contributed by atoms with Crippen LogP contribution in [-0.2, 0) is 67.2 Å². The highest BCUT2D eigenvalue weighted by atomic mass is 32.1. The molecular formula is C70H97N9O13S. The topological polar surface area (TPSA) is 256 Å². The van der Waals surface area contributed by atoms with Crippen molar-refractivity contribution in [3.63, 3.8) is 0 Å². The standard InChI is InChI=1S/C70H97N9O13S/c1-9-78(56-18-26-87-27-19-56)60-40-55(39-58(49(60)4)66(83)72-43-59-47(2)38-48(3)74-67(59)84)53-14-12-52(13-15-53)44-76-22-24-77(25-23-76)63(82)21-29-89-31-33-91-35-37-92-36-34-90-32-30-88-28-20-62(81)75-65(70(6,7)8)69(86)79-45-57(80)41-61(79)68(85)71-42-51-10-16-54(17-11-51)64-50(5)73-46-93-64/h10-17,38-40,46,56-57,61,65,80H,9,18-37,41-45H2,1-8H3,(H,71,85)(H,72,83)(H,74,84)(H,75,81)/t57-,61+,65-/m1/s1. The van der Waals surface area contributed by atoms with Crippen LogP contribution in [0.2, 0.25) is 0 Å². The van der Waals surface area contributed by atoms with Crippen molar-refractivity contribution >= 4 is 46.6 Å². The van der Waals surface area contributed by atoms with E-state index in [4.69, 9.17) is 28.4 Å². The summed E-state index contributed by atoms with van der Waals surface area (Å²) in [6.45, 7) is 24.8. The van der Waals surface area contributed by atoms with Gasteiger partial charge in [-0.05, 0) is 110 Å². The first-order valence-electron chi connectivity index (χ1n) is 32.8. The second-order valence-electron chi connectivity index (χ2n) is 25.3. The lowest BCUT2D eigenvalue weighted by Crippen LogP contribution is -2.57. The minimum absolute atomic E-state index is 0.0123. The Kier molecular flexibility index (Phi) is 27.5. The van der Waals surface area contributed by atoms with Crippen LogP contribution >= 0.6 is 11.3 Å². The molecule has 3 fully saturated rings. The number of carbonyl (C=O) groups is 5. The van der Waals surface area contributed by atoms with Crippen molar-refractivity contribution in [3.8, 4) is 21.6 Å². The molecule has 0 unspecified atom stereocenters. The summed E-state index contributed by atoms with van der Waals surface area (Å²) >= 11 is 1.57. The number of hydrogen-bond donors (Lipinski definition) is 5. The van der Waals surface area contributed by atoms with Crippen molar-refractivity contribution in [1.82, 2.24) is 40.6 Å². The van der Waals surface area contributed by atoms with Crippen molar-refractivity contribution < 1.29 is 57.5 Å². The van der Waals surface area contributed by atoms with Crippen molar-refractivity contribution in [1.29, 1.82) is 0 Å². The van der Waals surface area contributed by atoms with Crippen molar-refractivity contribution in [3.05, 3.63) is 127 Å². The Labute approximate surface area is 551 Å². The molecule has 0 spiro atoms. The number of carbonyl (C=O) groups excluding carboxylic acids is 5. The Morgan fingerprint density at radius 1 is 0.753 bits per heavy atom. The number of ether oxygens (including phenoxy) is 6. The molecule has 3 saturated heterocycles. The Balaban J connectivity index is 0.645. The smallest absolute Gasteiger partial charge is 0.253 e. The number of anilines is 1. The molecule has 3 atom stereocenters. The van der Waals surface area contributed by atoms with Gasteiger partial charge in [-0.3, -0.25) is 33.7 Å². The second kappa shape index (κ2) is 35.5. The van der Waals surface area contributed by atoms with E-state index in [-0.39, 0.29) is 74.9 Å². The molecule has 3 aliphatic heterocycles. The lowest BCUT2D eigenvalue weighted by Gasteiger charge is -2.37. The third-order valence-corrected chi connectivity index (χ3v) is 18.4. The number of aliphatic hydroxyl groups is 1. The minimum Gasteiger partial charge on any atom is -0.391 e. The Hall–Kier alpha value is -6.93. The molecule has 5 aromatic rings. The van der Waals surface area contributed by atoms with Crippen LogP contribution in [0.3, 0.4) is 0 Å². The van der Waals surface area contributed by atoms with Gasteiger partial charge in [-0.2, -0.15) is 0 Å². The first kappa shape index (κ1) is 71.9. The van der Waals surface area contributed by atoms with Gasteiger partial charge in [-0.15, -0.1) is 11.3 Å². The number of nitrogens with zero attached hydrogens (tertiary/aromatic N) is 5. The maximum Gasteiger partial charge on any atom is 0.253 e. The molecule has 3 aliphatic rings. The van der Waals surface area contributed by atoms with Gasteiger partial charge in [0.2, 0.25) is 23.6 Å². The lowest BCUT2D eigenvalue weighted by atomic mass is 9.85. The van der Waals surface area contributed by atoms with Crippen LogP contribution < -0.4 is 26.4 Å². The molecule has 93 heavy (non-hydrogen) atoms. The molecule has 22 nitrogen and oxygen atoms in total. The first-order chi connectivity index (χ1) is 44.8. The van der Waals surface area contributed by atoms with E-state index < -0.39 is 29.5 Å². The van der Waals surface area contributed by atoms with E-state index in [1.54, 1.807) is 11.3 Å². The van der Waals surface area contributed by atoms with Crippen LogP contribution in [0.1, 0.15) is 109 Å². The van der Waals surface area contributed by atoms with Crippen molar-refractivity contribution in [2.45, 2.75) is 131 Å². The van der Waals surface area contributed by atoms with E-state index in [1.165, 1.54) is 4.90 Å². The summed E-state index contributed by atoms with van der Waals surface area (Å²) in [4.78, 5) is 96.8. The highest BCUT2D eigenvalue weighted by Crippen LogP contribution is 2.35. The lowest BCUT2D eigenvalue weighted by molar-refractivity contribution is -0.144. The molecule has 3 aromatic carbocycles. The molecule has 0 bridgehead atoms. The predicted octanol–water partition coefficient (Wildman–Crippen LogP) is 6.65. The number of aliphatic hydroxyl groups excluding tert-OH is 1. The van der Waals surface area contributed by atoms with Crippen LogP contribution in [0.5, 0.6) is 0 Å². The number of amides is 5. The van der Waals surface area contributed by atoms with Crippen molar-refractivity contribution in [2.24, 2.45) is 5.41 Å². The number of β-amino-alcohol motifs (C(OH)–C–C–N with tert-alkyl or cyclic N) is 1. The Morgan fingerprint density at radius 2 is 1.35 bits per heavy atom. The minimum atomic E-state index is -0.939. The SMILES string of the molecule is CCN(c1cc(-c2ccc(CN3CCN(C(=O)CCOCCOCCOCCOCCOCCC(=O)N[C@H](C(=O)N4C[C@H](O)C[C@H]4C(=O)NCc4ccc(-c5scnc5C)cc4)C(C)(C)C)CC3)cc2)cc(C(=O)NCc2c(C)cc(C)[nH]c2=O)c1C)C1CCOCC1. The van der Waals surface area contributed by atoms with Gasteiger partial charge in [0, 0.05) is 114 Å². The fourth-order valence-electron chi connectivity index (χ4n) is 12.1. The van der Waals surface area contributed by atoms with Gasteiger partial charge in [-0.1, -0.05) is 69.3 Å². The molecule has 506 valence electrons. The number of benzene rings is 3. The molecular weight excluding hydrogens is 1210 g/mol. The average molecular weight is 1300 g/mol. The number of H-pyrrole nitrogens is 1. The molecule has 8 rings (SSSR count). The van der Waals surface area contributed by atoms with E-state index in [0.29, 0.717) is 103 Å². The van der Waals surface area contributed by atoms with Crippen LogP contribution in [0.15, 0.2) is 77.0 Å². The van der Waals surface area contributed by atoms with Gasteiger partial charge in [0.15, 0.2) is 0 Å². The number of aromatic amines is 1. The summed E-state index contributed by atoms with van der Waals surface area (Å²) in [6, 6.07) is 20.9. The Morgan fingerprint density at radius 3 is 1.95 bits per heavy atom. The number of nitrogens with one attached hydrogen (secondary N) is 4. The van der Waals surface area contributed by atoms with Gasteiger partial charge >= 0.3 is 0 Å². The maximum atomic E-state index is 14.0. The van der Waals surface area contributed by atoms with Crippen LogP contribution in [0.25, 0.3) is 21.6 Å². The fourth-order valence-corrected chi connectivity index (χ4v) is 12.9. The third kappa shape index (κ3) is 21.0. The van der Waals surface area contributed by atoms with Gasteiger partial charge in [0.1, 0.15) is 12.1 Å². The number of hydrogen-bond acceptors (Lipinski definition) is 17. The average Bonchev–Trinajstić information content (AvgIpc) is 1.35. The molecule has 23 heteroatoms. The second-order valence-corrected chi connectivity index (χ2v) is 26.1. The summed E-state index contributed by atoms with van der Waals surface area (Å²) in [5.74, 6) is -1.32. The van der Waals surface area contributed by atoms with E-state index in [1.807, 2.05) is 95.3 Å². The number of pyridine rings is 1. The normalized spacial score (nSPS) is 16.7. The number of aromatic nitrogens is 2. The zero-order chi connectivity index (χ0) is 66.4. The van der Waals surface area contributed by atoms with Crippen molar-refractivity contribution in [2.75, 3.05) is 123 Å². The monoisotopic (exact) mass is 1300 g/mol. The van der Waals surface area contributed by atoms with Crippen LogP contribution in [0, 0.1) is 33.1 Å². The molecule has 5 amide bonds. The summed E-state index contributed by atoms with van der Waals surface area (Å²) in [5.41, 5.74) is 11.6. The predicted molar refractivity (Wildman–Crippen MR) is 358 cm³/mol. The summed E-state index contributed by atoms with van der Waals surface area (Å²) in [5, 5.41) is 19.4. The summed E-state index contributed by atoms with van der Waals surface area (Å²) in [7, 11) is 0. The van der Waals surface area contributed by atoms with E-state index >= 15 is 0 Å². The molecule has 5 heterocycles. The quantitative estimate of drug-likeness (QED) is 0.0276. The number of piperazine rings is 1. The fraction of sp³-hybridized carbons (Fsp3) is 0.557. The number of thiazole rings is 1.